The van der Waals surface area contributed by atoms with E-state index in [9.17, 15) is 4.79 Å². The van der Waals surface area contributed by atoms with E-state index in [1.54, 1.807) is 6.07 Å². The van der Waals surface area contributed by atoms with Crippen molar-refractivity contribution in [3.8, 4) is 0 Å². The molecule has 2 aliphatic carbocycles. The summed E-state index contributed by atoms with van der Waals surface area (Å²) < 4.78 is 0. The Balaban J connectivity index is 1.50. The van der Waals surface area contributed by atoms with Crippen molar-refractivity contribution >= 4 is 22.5 Å². The molecule has 1 amide bonds. The van der Waals surface area contributed by atoms with Gasteiger partial charge in [-0.3, -0.25) is 4.79 Å². The van der Waals surface area contributed by atoms with E-state index in [-0.39, 0.29) is 5.91 Å². The molecule has 2 aromatic rings. The smallest absolute Gasteiger partial charge is 0.266 e. The average Bonchev–Trinajstić information content (AvgIpc) is 2.88. The maximum atomic E-state index is 12.1. The molecule has 2 unspecified atom stereocenters. The fourth-order valence-corrected chi connectivity index (χ4v) is 3.04. The number of carbonyl (C=O) groups is 1. The molecule has 1 fully saturated rings. The summed E-state index contributed by atoms with van der Waals surface area (Å²) in [6.07, 6.45) is 6.46. The van der Waals surface area contributed by atoms with Gasteiger partial charge in [0.05, 0.1) is 5.52 Å². The van der Waals surface area contributed by atoms with Crippen LogP contribution in [0.5, 0.6) is 0 Å². The summed E-state index contributed by atoms with van der Waals surface area (Å²) in [4.78, 5) is 16.5. The molecule has 1 saturated carbocycles. The van der Waals surface area contributed by atoms with Crippen LogP contribution in [0.3, 0.4) is 0 Å². The lowest BCUT2D eigenvalue weighted by Crippen LogP contribution is -2.35. The monoisotopic (exact) mass is 277 g/mol. The Bertz CT molecular complexity index is 778. The van der Waals surface area contributed by atoms with Gasteiger partial charge in [0.25, 0.3) is 5.91 Å². The summed E-state index contributed by atoms with van der Waals surface area (Å²) in [6, 6.07) is 11.4. The normalized spacial score (nSPS) is 24.9. The molecule has 0 spiro atoms. The van der Waals surface area contributed by atoms with E-state index < -0.39 is 0 Å². The molecular formula is C17H15N3O. The first-order valence-corrected chi connectivity index (χ1v) is 7.20. The van der Waals surface area contributed by atoms with E-state index in [1.807, 2.05) is 30.3 Å². The topological polar surface area (TPSA) is 54.4 Å². The van der Waals surface area contributed by atoms with E-state index in [0.717, 1.165) is 29.5 Å². The lowest BCUT2D eigenvalue weighted by Gasteiger charge is -2.31. The molecule has 2 atom stereocenters. The van der Waals surface area contributed by atoms with Crippen LogP contribution in [0.2, 0.25) is 0 Å². The predicted octanol–water partition coefficient (Wildman–Crippen LogP) is 2.92. The minimum atomic E-state index is -0.248. The van der Waals surface area contributed by atoms with Crippen LogP contribution in [0.1, 0.15) is 23.3 Å². The zero-order valence-electron chi connectivity index (χ0n) is 11.5. The number of rotatable bonds is 2. The first kappa shape index (κ1) is 12.3. The number of hydrogen-bond acceptors (Lipinski definition) is 3. The van der Waals surface area contributed by atoms with Crippen LogP contribution < -0.4 is 5.43 Å². The summed E-state index contributed by atoms with van der Waals surface area (Å²) in [5.74, 6) is 0.900. The van der Waals surface area contributed by atoms with Gasteiger partial charge < -0.3 is 0 Å². The summed E-state index contributed by atoms with van der Waals surface area (Å²) in [5, 5.41) is 5.29. The number of amides is 1. The largest absolute Gasteiger partial charge is 0.289 e. The number of carbonyl (C=O) groups excluding carboxylic acids is 1. The molecule has 21 heavy (non-hydrogen) atoms. The highest BCUT2D eigenvalue weighted by Crippen LogP contribution is 2.40. The minimum Gasteiger partial charge on any atom is -0.266 e. The molecule has 0 bridgehead atoms. The number of hydrazone groups is 1. The van der Waals surface area contributed by atoms with Crippen molar-refractivity contribution < 1.29 is 4.79 Å². The first-order chi connectivity index (χ1) is 10.3. The molecule has 1 aromatic carbocycles. The Hall–Kier alpha value is -2.49. The van der Waals surface area contributed by atoms with Crippen LogP contribution in [-0.4, -0.2) is 16.6 Å². The Morgan fingerprint density at radius 1 is 1.24 bits per heavy atom. The number of aromatic nitrogens is 1. The number of para-hydroxylation sites is 1. The molecule has 1 N–H and O–H groups in total. The second-order valence-corrected chi connectivity index (χ2v) is 5.57. The van der Waals surface area contributed by atoms with Gasteiger partial charge in [-0.1, -0.05) is 36.4 Å². The second-order valence-electron chi connectivity index (χ2n) is 5.57. The minimum absolute atomic E-state index is 0.248. The van der Waals surface area contributed by atoms with Crippen molar-refractivity contribution in [3.63, 3.8) is 0 Å². The zero-order chi connectivity index (χ0) is 14.2. The van der Waals surface area contributed by atoms with Gasteiger partial charge in [0.2, 0.25) is 0 Å². The number of nitrogens with one attached hydrogen (secondary N) is 1. The van der Waals surface area contributed by atoms with Gasteiger partial charge in [-0.05, 0) is 30.9 Å². The van der Waals surface area contributed by atoms with Gasteiger partial charge in [0.1, 0.15) is 5.69 Å². The molecule has 0 aliphatic heterocycles. The first-order valence-electron chi connectivity index (χ1n) is 7.20. The van der Waals surface area contributed by atoms with Gasteiger partial charge >= 0.3 is 0 Å². The van der Waals surface area contributed by atoms with Gasteiger partial charge in [0, 0.05) is 17.0 Å². The van der Waals surface area contributed by atoms with Crippen molar-refractivity contribution in [1.29, 1.82) is 0 Å². The number of allylic oxidation sites excluding steroid dienone is 2. The Kier molecular flexibility index (Phi) is 2.81. The highest BCUT2D eigenvalue weighted by Gasteiger charge is 2.38. The number of fused-ring (bicyclic) bond motifs is 2. The van der Waals surface area contributed by atoms with Crippen LogP contribution >= 0.6 is 0 Å². The standard InChI is InChI=1S/C17H15N3O/c21-17(20-19-16-10-12-5-3-6-13(12)16)15-9-8-11-4-1-2-7-14(11)18-15/h1-5,7-9,12-13H,6,10H2,(H,20,21)/b19-16-. The Labute approximate surface area is 122 Å². The third-order valence-corrected chi connectivity index (χ3v) is 4.30. The van der Waals surface area contributed by atoms with Gasteiger partial charge in [-0.15, -0.1) is 0 Å². The van der Waals surface area contributed by atoms with Crippen LogP contribution in [0.4, 0.5) is 0 Å². The predicted molar refractivity (Wildman–Crippen MR) is 82.0 cm³/mol. The van der Waals surface area contributed by atoms with Gasteiger partial charge in [-0.25, -0.2) is 10.4 Å². The van der Waals surface area contributed by atoms with E-state index >= 15 is 0 Å². The quantitative estimate of drug-likeness (QED) is 0.678. The molecular weight excluding hydrogens is 262 g/mol. The maximum Gasteiger partial charge on any atom is 0.289 e. The SMILES string of the molecule is O=C(N/N=C1/CC2C=CCC12)c1ccc2ccccc2n1. The lowest BCUT2D eigenvalue weighted by atomic mass is 9.74. The maximum absolute atomic E-state index is 12.1. The van der Waals surface area contributed by atoms with E-state index in [4.69, 9.17) is 0 Å². The van der Waals surface area contributed by atoms with E-state index in [0.29, 0.717) is 17.5 Å². The zero-order valence-corrected chi connectivity index (χ0v) is 11.5. The van der Waals surface area contributed by atoms with Gasteiger partial charge in [-0.2, -0.15) is 5.10 Å². The molecule has 0 saturated heterocycles. The molecule has 104 valence electrons. The summed E-state index contributed by atoms with van der Waals surface area (Å²) in [6.45, 7) is 0. The van der Waals surface area contributed by atoms with Crippen LogP contribution in [0.15, 0.2) is 53.7 Å². The molecule has 4 rings (SSSR count). The van der Waals surface area contributed by atoms with Crippen LogP contribution in [0.25, 0.3) is 10.9 Å². The number of benzene rings is 1. The molecule has 2 aliphatic rings. The van der Waals surface area contributed by atoms with Crippen molar-refractivity contribution in [3.05, 3.63) is 54.2 Å². The van der Waals surface area contributed by atoms with Crippen LogP contribution in [-0.2, 0) is 0 Å². The van der Waals surface area contributed by atoms with Crippen molar-refractivity contribution in [2.45, 2.75) is 12.8 Å². The fraction of sp³-hybridized carbons (Fsp3) is 0.235. The van der Waals surface area contributed by atoms with Crippen molar-refractivity contribution in [1.82, 2.24) is 10.4 Å². The number of pyridine rings is 1. The lowest BCUT2D eigenvalue weighted by molar-refractivity contribution is 0.0949. The molecule has 4 heteroatoms. The highest BCUT2D eigenvalue weighted by atomic mass is 16.2. The number of hydrogen-bond donors (Lipinski definition) is 1. The Morgan fingerprint density at radius 2 is 2.14 bits per heavy atom. The summed E-state index contributed by atoms with van der Waals surface area (Å²) >= 11 is 0. The molecule has 1 aromatic heterocycles. The van der Waals surface area contributed by atoms with Crippen molar-refractivity contribution in [2.24, 2.45) is 16.9 Å². The molecule has 4 nitrogen and oxygen atoms in total. The molecule has 1 heterocycles. The third kappa shape index (κ3) is 2.13. The molecule has 0 radical (unpaired) electrons. The highest BCUT2D eigenvalue weighted by molar-refractivity contribution is 5.98. The second kappa shape index (κ2) is 4.81. The van der Waals surface area contributed by atoms with Gasteiger partial charge in [0.15, 0.2) is 0 Å². The van der Waals surface area contributed by atoms with Crippen molar-refractivity contribution in [2.75, 3.05) is 0 Å². The third-order valence-electron chi connectivity index (χ3n) is 4.30. The van der Waals surface area contributed by atoms with E-state index in [2.05, 4.69) is 27.7 Å². The summed E-state index contributed by atoms with van der Waals surface area (Å²) in [7, 11) is 0. The van der Waals surface area contributed by atoms with Crippen LogP contribution in [0, 0.1) is 11.8 Å². The Morgan fingerprint density at radius 3 is 3.05 bits per heavy atom. The van der Waals surface area contributed by atoms with E-state index in [1.165, 1.54) is 0 Å². The fourth-order valence-electron chi connectivity index (χ4n) is 3.04. The average molecular weight is 277 g/mol. The number of nitrogens with zero attached hydrogens (tertiary/aromatic N) is 2. The summed E-state index contributed by atoms with van der Waals surface area (Å²) in [5.41, 5.74) is 4.96.